The van der Waals surface area contributed by atoms with Crippen LogP contribution in [0.2, 0.25) is 0 Å². The molecule has 22 heavy (non-hydrogen) atoms. The lowest BCUT2D eigenvalue weighted by molar-refractivity contribution is -0.149. The van der Waals surface area contributed by atoms with E-state index in [-0.39, 0.29) is 6.61 Å². The topological polar surface area (TPSA) is 122 Å². The van der Waals surface area contributed by atoms with Crippen LogP contribution in [0.25, 0.3) is 0 Å². The number of aliphatic hydroxyl groups excluding tert-OH is 2. The summed E-state index contributed by atoms with van der Waals surface area (Å²) in [4.78, 5) is 23.5. The summed E-state index contributed by atoms with van der Waals surface area (Å²) in [6, 6.07) is -1.85. The first-order chi connectivity index (χ1) is 10.5. The number of nitrogens with one attached hydrogen (secondary N) is 1. The van der Waals surface area contributed by atoms with Crippen LogP contribution < -0.4 is 11.1 Å². The molecule has 7 nitrogen and oxygen atoms in total. The minimum atomic E-state index is -1.40. The summed E-state index contributed by atoms with van der Waals surface area (Å²) in [5.41, 5.74) is 5.91. The number of amides is 1. The van der Waals surface area contributed by atoms with Gasteiger partial charge in [0.1, 0.15) is 6.10 Å². The number of ether oxygens (including phenoxy) is 1. The van der Waals surface area contributed by atoms with Crippen molar-refractivity contribution in [2.75, 3.05) is 13.2 Å². The number of carbonyl (C=O) groups is 2. The van der Waals surface area contributed by atoms with Gasteiger partial charge in [-0.3, -0.25) is 4.79 Å². The van der Waals surface area contributed by atoms with Gasteiger partial charge in [-0.15, -0.1) is 0 Å². The van der Waals surface area contributed by atoms with Gasteiger partial charge in [0.25, 0.3) is 5.91 Å². The molecule has 0 heterocycles. The number of rotatable bonds is 8. The average molecular weight is 316 g/mol. The van der Waals surface area contributed by atoms with Crippen molar-refractivity contribution in [2.24, 2.45) is 11.7 Å². The van der Waals surface area contributed by atoms with Crippen LogP contribution in [0.4, 0.5) is 0 Å². The molecule has 128 valence electrons. The maximum Gasteiger partial charge on any atom is 0.331 e. The Bertz CT molecular complexity index is 358. The van der Waals surface area contributed by atoms with E-state index < -0.39 is 36.7 Å². The standard InChI is InChI=1S/C15H28N2O5/c1-2-22-15(21)12(9-18)17-14(20)13(19)11(16)8-10-6-4-3-5-7-10/h10-13,18-19H,2-9,16H2,1H3,(H,17,20)/t11-,12?,13?/m1/s1. The van der Waals surface area contributed by atoms with E-state index in [1.165, 1.54) is 6.42 Å². The molecule has 5 N–H and O–H groups in total. The minimum absolute atomic E-state index is 0.148. The quantitative estimate of drug-likeness (QED) is 0.456. The lowest BCUT2D eigenvalue weighted by atomic mass is 9.84. The highest BCUT2D eigenvalue weighted by atomic mass is 16.5. The van der Waals surface area contributed by atoms with E-state index in [1.807, 2.05) is 0 Å². The molecule has 7 heteroatoms. The molecule has 0 saturated heterocycles. The summed E-state index contributed by atoms with van der Waals surface area (Å²) in [5.74, 6) is -1.05. The third-order valence-electron chi connectivity index (χ3n) is 4.07. The molecular formula is C15H28N2O5. The molecule has 0 aromatic carbocycles. The zero-order valence-electron chi connectivity index (χ0n) is 13.2. The van der Waals surface area contributed by atoms with E-state index in [2.05, 4.69) is 5.32 Å². The third kappa shape index (κ3) is 5.90. The van der Waals surface area contributed by atoms with Crippen LogP contribution in [0, 0.1) is 5.92 Å². The Morgan fingerprint density at radius 3 is 2.50 bits per heavy atom. The van der Waals surface area contributed by atoms with Crippen LogP contribution in [0.1, 0.15) is 45.4 Å². The van der Waals surface area contributed by atoms with E-state index in [0.717, 1.165) is 25.7 Å². The lowest BCUT2D eigenvalue weighted by Gasteiger charge is -2.27. The zero-order chi connectivity index (χ0) is 16.5. The summed E-state index contributed by atoms with van der Waals surface area (Å²) in [6.07, 6.45) is 4.88. The molecule has 0 radical (unpaired) electrons. The normalized spacial score (nSPS) is 20.0. The van der Waals surface area contributed by atoms with Crippen LogP contribution in [-0.4, -0.2) is 53.5 Å². The van der Waals surface area contributed by atoms with Crippen LogP contribution in [-0.2, 0) is 14.3 Å². The molecule has 1 rings (SSSR count). The zero-order valence-corrected chi connectivity index (χ0v) is 13.2. The second kappa shape index (κ2) is 9.76. The summed E-state index contributed by atoms with van der Waals surface area (Å²) in [5, 5.41) is 21.4. The highest BCUT2D eigenvalue weighted by molar-refractivity contribution is 5.87. The molecule has 0 aliphatic heterocycles. The fourth-order valence-corrected chi connectivity index (χ4v) is 2.81. The molecule has 1 aliphatic rings. The van der Waals surface area contributed by atoms with Crippen LogP contribution in [0.5, 0.6) is 0 Å². The second-order valence-electron chi connectivity index (χ2n) is 5.84. The molecule has 3 atom stereocenters. The maximum absolute atomic E-state index is 11.9. The molecule has 0 bridgehead atoms. The van der Waals surface area contributed by atoms with Gasteiger partial charge in [0.05, 0.1) is 13.2 Å². The Morgan fingerprint density at radius 1 is 1.32 bits per heavy atom. The van der Waals surface area contributed by atoms with Gasteiger partial charge in [0.15, 0.2) is 6.04 Å². The first-order valence-corrected chi connectivity index (χ1v) is 8.01. The molecule has 1 saturated carbocycles. The first kappa shape index (κ1) is 18.9. The molecule has 1 fully saturated rings. The van der Waals surface area contributed by atoms with Crippen molar-refractivity contribution in [3.63, 3.8) is 0 Å². The van der Waals surface area contributed by atoms with Gasteiger partial charge >= 0.3 is 5.97 Å². The lowest BCUT2D eigenvalue weighted by Crippen LogP contribution is -2.53. The number of hydrogen-bond donors (Lipinski definition) is 4. The Balaban J connectivity index is 2.46. The van der Waals surface area contributed by atoms with Gasteiger partial charge in [-0.2, -0.15) is 0 Å². The van der Waals surface area contributed by atoms with Gasteiger partial charge in [0.2, 0.25) is 0 Å². The molecule has 2 unspecified atom stereocenters. The van der Waals surface area contributed by atoms with Crippen molar-refractivity contribution >= 4 is 11.9 Å². The van der Waals surface area contributed by atoms with Crippen molar-refractivity contribution in [3.8, 4) is 0 Å². The smallest absolute Gasteiger partial charge is 0.331 e. The molecule has 0 spiro atoms. The number of esters is 1. The fourth-order valence-electron chi connectivity index (χ4n) is 2.81. The van der Waals surface area contributed by atoms with Crippen molar-refractivity contribution in [1.82, 2.24) is 5.32 Å². The summed E-state index contributed by atoms with van der Waals surface area (Å²) < 4.78 is 4.73. The molecule has 0 aromatic rings. The van der Waals surface area contributed by atoms with E-state index in [1.54, 1.807) is 6.92 Å². The van der Waals surface area contributed by atoms with Gasteiger partial charge in [0, 0.05) is 6.04 Å². The minimum Gasteiger partial charge on any atom is -0.464 e. The number of hydrogen-bond acceptors (Lipinski definition) is 6. The summed E-state index contributed by atoms with van der Waals surface area (Å²) in [7, 11) is 0. The number of aliphatic hydroxyl groups is 2. The molecular weight excluding hydrogens is 288 g/mol. The average Bonchev–Trinajstić information content (AvgIpc) is 2.52. The van der Waals surface area contributed by atoms with Crippen molar-refractivity contribution in [1.29, 1.82) is 0 Å². The van der Waals surface area contributed by atoms with E-state index in [4.69, 9.17) is 15.6 Å². The van der Waals surface area contributed by atoms with Gasteiger partial charge in [-0.1, -0.05) is 32.1 Å². The maximum atomic E-state index is 11.9. The van der Waals surface area contributed by atoms with E-state index in [9.17, 15) is 14.7 Å². The van der Waals surface area contributed by atoms with E-state index >= 15 is 0 Å². The van der Waals surface area contributed by atoms with Crippen LogP contribution in [0.15, 0.2) is 0 Å². The van der Waals surface area contributed by atoms with Crippen molar-refractivity contribution in [3.05, 3.63) is 0 Å². The van der Waals surface area contributed by atoms with Gasteiger partial charge in [-0.05, 0) is 19.3 Å². The Morgan fingerprint density at radius 2 is 1.95 bits per heavy atom. The largest absolute Gasteiger partial charge is 0.464 e. The highest BCUT2D eigenvalue weighted by Gasteiger charge is 2.30. The monoisotopic (exact) mass is 316 g/mol. The van der Waals surface area contributed by atoms with Crippen molar-refractivity contribution in [2.45, 2.75) is 63.6 Å². The van der Waals surface area contributed by atoms with Gasteiger partial charge in [-0.25, -0.2) is 4.79 Å². The molecule has 0 aromatic heterocycles. The summed E-state index contributed by atoms with van der Waals surface area (Å²) >= 11 is 0. The van der Waals surface area contributed by atoms with Crippen molar-refractivity contribution < 1.29 is 24.5 Å². The number of carbonyl (C=O) groups excluding carboxylic acids is 2. The number of nitrogens with two attached hydrogens (primary N) is 1. The third-order valence-corrected chi connectivity index (χ3v) is 4.07. The van der Waals surface area contributed by atoms with Crippen LogP contribution >= 0.6 is 0 Å². The summed E-state index contributed by atoms with van der Waals surface area (Å²) in [6.45, 7) is 1.19. The molecule has 1 aliphatic carbocycles. The second-order valence-corrected chi connectivity index (χ2v) is 5.84. The Hall–Kier alpha value is -1.18. The van der Waals surface area contributed by atoms with E-state index in [0.29, 0.717) is 12.3 Å². The predicted molar refractivity (Wildman–Crippen MR) is 80.8 cm³/mol. The van der Waals surface area contributed by atoms with Crippen LogP contribution in [0.3, 0.4) is 0 Å². The first-order valence-electron chi connectivity index (χ1n) is 8.01. The highest BCUT2D eigenvalue weighted by Crippen LogP contribution is 2.27. The predicted octanol–water partition coefficient (Wildman–Crippen LogP) is -0.315. The SMILES string of the molecule is CCOC(=O)C(CO)NC(=O)C(O)[C@H](N)CC1CCCCC1. The Kier molecular flexibility index (Phi) is 8.37. The Labute approximate surface area is 131 Å². The molecule has 1 amide bonds. The van der Waals surface area contributed by atoms with Gasteiger partial charge < -0.3 is 26.0 Å². The fraction of sp³-hybridized carbons (Fsp3) is 0.867.